The number of carbonyl (C=O) groups is 1. The summed E-state index contributed by atoms with van der Waals surface area (Å²) in [4.78, 5) is 16.6. The standard InChI is InChI=1S/C19H33N3O/c1-5-13-22(14-6-2)19(23)12-10-16-9-11-18(17(20)15-16)21(7-3)8-4/h9,11,15H,5-8,10,12-14,20H2,1-4H3. The Hall–Kier alpha value is -1.71. The monoisotopic (exact) mass is 319 g/mol. The third kappa shape index (κ3) is 5.77. The molecule has 0 aromatic heterocycles. The number of nitrogens with two attached hydrogens (primary N) is 1. The SMILES string of the molecule is CCCN(CCC)C(=O)CCc1ccc(N(CC)CC)c(N)c1. The van der Waals surface area contributed by atoms with Gasteiger partial charge in [-0.25, -0.2) is 0 Å². The van der Waals surface area contributed by atoms with Crippen LogP contribution in [0.15, 0.2) is 18.2 Å². The Labute approximate surface area is 141 Å². The predicted octanol–water partition coefficient (Wildman–Crippen LogP) is 3.70. The molecule has 0 aliphatic rings. The average molecular weight is 319 g/mol. The maximum absolute atomic E-state index is 12.3. The van der Waals surface area contributed by atoms with Gasteiger partial charge in [0.1, 0.15) is 0 Å². The van der Waals surface area contributed by atoms with Crippen molar-refractivity contribution in [2.75, 3.05) is 36.8 Å². The average Bonchev–Trinajstić information content (AvgIpc) is 2.55. The first-order valence-corrected chi connectivity index (χ1v) is 8.98. The number of anilines is 2. The van der Waals surface area contributed by atoms with Crippen molar-refractivity contribution in [3.8, 4) is 0 Å². The highest BCUT2D eigenvalue weighted by Crippen LogP contribution is 2.24. The molecule has 130 valence electrons. The van der Waals surface area contributed by atoms with E-state index in [9.17, 15) is 4.79 Å². The summed E-state index contributed by atoms with van der Waals surface area (Å²) < 4.78 is 0. The van der Waals surface area contributed by atoms with E-state index in [1.54, 1.807) is 0 Å². The fourth-order valence-electron chi connectivity index (χ4n) is 2.92. The second-order valence-corrected chi connectivity index (χ2v) is 5.95. The number of carbonyl (C=O) groups excluding carboxylic acids is 1. The lowest BCUT2D eigenvalue weighted by atomic mass is 10.1. The van der Waals surface area contributed by atoms with E-state index in [1.807, 2.05) is 11.0 Å². The Morgan fingerprint density at radius 3 is 2.13 bits per heavy atom. The summed E-state index contributed by atoms with van der Waals surface area (Å²) >= 11 is 0. The second-order valence-electron chi connectivity index (χ2n) is 5.95. The number of benzene rings is 1. The molecule has 0 fully saturated rings. The first kappa shape index (κ1) is 19.3. The first-order valence-electron chi connectivity index (χ1n) is 8.98. The summed E-state index contributed by atoms with van der Waals surface area (Å²) in [6, 6.07) is 6.20. The van der Waals surface area contributed by atoms with Gasteiger partial charge >= 0.3 is 0 Å². The fraction of sp³-hybridized carbons (Fsp3) is 0.632. The van der Waals surface area contributed by atoms with E-state index < -0.39 is 0 Å². The second kappa shape index (κ2) is 10.1. The van der Waals surface area contributed by atoms with Crippen molar-refractivity contribution in [2.45, 2.75) is 53.4 Å². The molecule has 4 nitrogen and oxygen atoms in total. The van der Waals surface area contributed by atoms with E-state index >= 15 is 0 Å². The Balaban J connectivity index is 2.67. The van der Waals surface area contributed by atoms with Gasteiger partial charge in [-0.1, -0.05) is 19.9 Å². The highest BCUT2D eigenvalue weighted by molar-refractivity contribution is 5.76. The van der Waals surface area contributed by atoms with Crippen LogP contribution >= 0.6 is 0 Å². The van der Waals surface area contributed by atoms with Gasteiger partial charge in [0.25, 0.3) is 0 Å². The van der Waals surface area contributed by atoms with Gasteiger partial charge in [-0.05, 0) is 50.8 Å². The van der Waals surface area contributed by atoms with Crippen LogP contribution in [-0.4, -0.2) is 37.0 Å². The van der Waals surface area contributed by atoms with Crippen molar-refractivity contribution in [1.29, 1.82) is 0 Å². The Bertz CT molecular complexity index is 478. The number of aryl methyl sites for hydroxylation is 1. The zero-order valence-electron chi connectivity index (χ0n) is 15.3. The maximum atomic E-state index is 12.3. The van der Waals surface area contributed by atoms with Crippen LogP contribution in [0.4, 0.5) is 11.4 Å². The van der Waals surface area contributed by atoms with Crippen LogP contribution < -0.4 is 10.6 Å². The number of rotatable bonds is 10. The molecule has 0 aliphatic heterocycles. The van der Waals surface area contributed by atoms with Crippen LogP contribution in [-0.2, 0) is 11.2 Å². The molecule has 0 bridgehead atoms. The molecule has 0 aliphatic carbocycles. The van der Waals surface area contributed by atoms with E-state index in [0.717, 1.165) is 62.4 Å². The molecule has 2 N–H and O–H groups in total. The normalized spacial score (nSPS) is 10.6. The van der Waals surface area contributed by atoms with Crippen molar-refractivity contribution in [3.63, 3.8) is 0 Å². The van der Waals surface area contributed by atoms with Crippen molar-refractivity contribution in [1.82, 2.24) is 4.90 Å². The zero-order chi connectivity index (χ0) is 17.2. The molecule has 0 radical (unpaired) electrons. The summed E-state index contributed by atoms with van der Waals surface area (Å²) in [5.74, 6) is 0.250. The van der Waals surface area contributed by atoms with Gasteiger partial charge < -0.3 is 15.5 Å². The smallest absolute Gasteiger partial charge is 0.222 e. The van der Waals surface area contributed by atoms with Crippen LogP contribution in [0.5, 0.6) is 0 Å². The summed E-state index contributed by atoms with van der Waals surface area (Å²) in [7, 11) is 0. The Morgan fingerprint density at radius 2 is 1.65 bits per heavy atom. The summed E-state index contributed by atoms with van der Waals surface area (Å²) in [5.41, 5.74) is 9.23. The molecule has 1 amide bonds. The molecule has 1 rings (SSSR count). The van der Waals surface area contributed by atoms with Crippen LogP contribution in [0.2, 0.25) is 0 Å². The zero-order valence-corrected chi connectivity index (χ0v) is 15.3. The number of amides is 1. The highest BCUT2D eigenvalue weighted by atomic mass is 16.2. The predicted molar refractivity (Wildman–Crippen MR) is 99.9 cm³/mol. The molecule has 23 heavy (non-hydrogen) atoms. The summed E-state index contributed by atoms with van der Waals surface area (Å²) in [5, 5.41) is 0. The van der Waals surface area contributed by atoms with E-state index in [-0.39, 0.29) is 5.91 Å². The van der Waals surface area contributed by atoms with Crippen molar-refractivity contribution >= 4 is 17.3 Å². The van der Waals surface area contributed by atoms with Gasteiger partial charge in [-0.3, -0.25) is 4.79 Å². The third-order valence-corrected chi connectivity index (χ3v) is 4.16. The van der Waals surface area contributed by atoms with E-state index in [1.165, 1.54) is 0 Å². The quantitative estimate of drug-likeness (QED) is 0.669. The van der Waals surface area contributed by atoms with Crippen molar-refractivity contribution in [3.05, 3.63) is 23.8 Å². The molecular weight excluding hydrogens is 286 g/mol. The number of nitrogen functional groups attached to an aromatic ring is 1. The number of hydrogen-bond acceptors (Lipinski definition) is 3. The van der Waals surface area contributed by atoms with Gasteiger partial charge in [0.05, 0.1) is 11.4 Å². The minimum absolute atomic E-state index is 0.250. The molecule has 1 aromatic rings. The molecule has 0 saturated carbocycles. The Morgan fingerprint density at radius 1 is 1.04 bits per heavy atom. The van der Waals surface area contributed by atoms with Crippen LogP contribution in [0.1, 0.15) is 52.5 Å². The Kier molecular flexibility index (Phi) is 8.52. The molecule has 0 unspecified atom stereocenters. The minimum atomic E-state index is 0.250. The molecule has 0 atom stereocenters. The summed E-state index contributed by atoms with van der Waals surface area (Å²) in [6.45, 7) is 12.1. The summed E-state index contributed by atoms with van der Waals surface area (Å²) in [6.07, 6.45) is 3.34. The molecule has 0 saturated heterocycles. The van der Waals surface area contributed by atoms with Gasteiger partial charge in [-0.15, -0.1) is 0 Å². The van der Waals surface area contributed by atoms with Gasteiger partial charge in [0, 0.05) is 32.6 Å². The molecule has 1 aromatic carbocycles. The third-order valence-electron chi connectivity index (χ3n) is 4.16. The van der Waals surface area contributed by atoms with Gasteiger partial charge in [0.2, 0.25) is 5.91 Å². The van der Waals surface area contributed by atoms with Crippen LogP contribution in [0.3, 0.4) is 0 Å². The fourth-order valence-corrected chi connectivity index (χ4v) is 2.92. The molecular formula is C19H33N3O. The highest BCUT2D eigenvalue weighted by Gasteiger charge is 2.12. The lowest BCUT2D eigenvalue weighted by Gasteiger charge is -2.23. The minimum Gasteiger partial charge on any atom is -0.397 e. The van der Waals surface area contributed by atoms with Crippen LogP contribution in [0.25, 0.3) is 0 Å². The van der Waals surface area contributed by atoms with Gasteiger partial charge in [0.15, 0.2) is 0 Å². The largest absolute Gasteiger partial charge is 0.397 e. The van der Waals surface area contributed by atoms with Crippen LogP contribution in [0, 0.1) is 0 Å². The van der Waals surface area contributed by atoms with E-state index in [2.05, 4.69) is 44.7 Å². The van der Waals surface area contributed by atoms with E-state index in [4.69, 9.17) is 5.73 Å². The van der Waals surface area contributed by atoms with Gasteiger partial charge in [-0.2, -0.15) is 0 Å². The maximum Gasteiger partial charge on any atom is 0.222 e. The van der Waals surface area contributed by atoms with Crippen molar-refractivity contribution in [2.24, 2.45) is 0 Å². The molecule has 0 spiro atoms. The molecule has 0 heterocycles. The van der Waals surface area contributed by atoms with E-state index in [0.29, 0.717) is 6.42 Å². The lowest BCUT2D eigenvalue weighted by molar-refractivity contribution is -0.131. The lowest BCUT2D eigenvalue weighted by Crippen LogP contribution is -2.32. The topological polar surface area (TPSA) is 49.6 Å². The molecule has 4 heteroatoms. The number of nitrogens with zero attached hydrogens (tertiary/aromatic N) is 2. The first-order chi connectivity index (χ1) is 11.1. The number of hydrogen-bond donors (Lipinski definition) is 1. The van der Waals surface area contributed by atoms with Crippen molar-refractivity contribution < 1.29 is 4.79 Å².